The van der Waals surface area contributed by atoms with Gasteiger partial charge in [-0.25, -0.2) is 0 Å². The van der Waals surface area contributed by atoms with E-state index < -0.39 is 0 Å². The normalized spacial score (nSPS) is 19.9. The molecule has 1 amide bonds. The lowest BCUT2D eigenvalue weighted by molar-refractivity contribution is -0.127. The molecule has 1 unspecified atom stereocenters. The smallest absolute Gasteiger partial charge is 0.223 e. The summed E-state index contributed by atoms with van der Waals surface area (Å²) in [6.07, 6.45) is 3.19. The number of rotatable bonds is 4. The van der Waals surface area contributed by atoms with E-state index in [1.807, 2.05) is 11.1 Å². The van der Waals surface area contributed by atoms with Gasteiger partial charge < -0.3 is 4.90 Å². The van der Waals surface area contributed by atoms with E-state index in [1.54, 1.807) is 23.8 Å². The zero-order valence-corrected chi connectivity index (χ0v) is 11.2. The second-order valence-electron chi connectivity index (χ2n) is 3.99. The van der Waals surface area contributed by atoms with Crippen molar-refractivity contribution in [2.45, 2.75) is 25.0 Å². The minimum atomic E-state index is 0.0899. The number of thioether (sulfide) groups is 1. The van der Waals surface area contributed by atoms with Crippen molar-refractivity contribution < 1.29 is 9.59 Å². The van der Waals surface area contributed by atoms with Crippen LogP contribution < -0.4 is 0 Å². The standard InChI is InChI=1S/C11H14N2O2S2/c1-8(14)17-10-4-11(15)13(6-10)3-2-9-5-12-7-16-9/h5,7,10H,2-4,6H2,1H3. The SMILES string of the molecule is CC(=O)SC1CC(=O)N(CCc2cncs2)C1. The van der Waals surface area contributed by atoms with Crippen LogP contribution in [0.2, 0.25) is 0 Å². The Morgan fingerprint density at radius 3 is 3.18 bits per heavy atom. The zero-order chi connectivity index (χ0) is 12.3. The molecule has 1 fully saturated rings. The molecule has 0 aromatic carbocycles. The van der Waals surface area contributed by atoms with Crippen LogP contribution in [0.1, 0.15) is 18.2 Å². The second kappa shape index (κ2) is 5.64. The number of likely N-dealkylation sites (tertiary alicyclic amines) is 1. The van der Waals surface area contributed by atoms with Gasteiger partial charge in [-0.2, -0.15) is 0 Å². The fraction of sp³-hybridized carbons (Fsp3) is 0.545. The highest BCUT2D eigenvalue weighted by atomic mass is 32.2. The number of carbonyl (C=O) groups is 2. The minimum Gasteiger partial charge on any atom is -0.341 e. The van der Waals surface area contributed by atoms with E-state index >= 15 is 0 Å². The maximum atomic E-state index is 11.7. The molecule has 1 aliphatic rings. The number of thiazole rings is 1. The Labute approximate surface area is 108 Å². The Morgan fingerprint density at radius 2 is 2.53 bits per heavy atom. The van der Waals surface area contributed by atoms with E-state index in [0.717, 1.165) is 13.0 Å². The summed E-state index contributed by atoms with van der Waals surface area (Å²) in [5.74, 6) is 0.160. The molecular weight excluding hydrogens is 256 g/mol. The van der Waals surface area contributed by atoms with Crippen LogP contribution >= 0.6 is 23.1 Å². The summed E-state index contributed by atoms with van der Waals surface area (Å²) in [6.45, 7) is 2.98. The lowest BCUT2D eigenvalue weighted by Gasteiger charge is -2.15. The second-order valence-corrected chi connectivity index (χ2v) is 6.44. The topological polar surface area (TPSA) is 50.3 Å². The van der Waals surface area contributed by atoms with E-state index in [1.165, 1.54) is 16.6 Å². The van der Waals surface area contributed by atoms with Crippen molar-refractivity contribution in [1.82, 2.24) is 9.88 Å². The van der Waals surface area contributed by atoms with Gasteiger partial charge >= 0.3 is 0 Å². The van der Waals surface area contributed by atoms with Crippen molar-refractivity contribution in [2.75, 3.05) is 13.1 Å². The van der Waals surface area contributed by atoms with Crippen LogP contribution in [0.4, 0.5) is 0 Å². The van der Waals surface area contributed by atoms with Crippen LogP contribution in [0, 0.1) is 0 Å². The largest absolute Gasteiger partial charge is 0.341 e. The first-order chi connectivity index (χ1) is 8.15. The fourth-order valence-electron chi connectivity index (χ4n) is 1.88. The molecule has 92 valence electrons. The summed E-state index contributed by atoms with van der Waals surface area (Å²) >= 11 is 2.89. The number of carbonyl (C=O) groups excluding carboxylic acids is 2. The molecule has 1 aromatic heterocycles. The molecule has 0 aliphatic carbocycles. The maximum absolute atomic E-state index is 11.7. The van der Waals surface area contributed by atoms with Crippen LogP contribution in [-0.4, -0.2) is 39.2 Å². The molecule has 17 heavy (non-hydrogen) atoms. The molecule has 0 bridgehead atoms. The minimum absolute atomic E-state index is 0.0899. The van der Waals surface area contributed by atoms with Crippen molar-refractivity contribution in [3.63, 3.8) is 0 Å². The lowest BCUT2D eigenvalue weighted by atomic mass is 10.3. The first kappa shape index (κ1) is 12.6. The summed E-state index contributed by atoms with van der Waals surface area (Å²) in [7, 11) is 0. The van der Waals surface area contributed by atoms with Gasteiger partial charge in [0.15, 0.2) is 5.12 Å². The van der Waals surface area contributed by atoms with Gasteiger partial charge in [-0.3, -0.25) is 14.6 Å². The van der Waals surface area contributed by atoms with E-state index in [9.17, 15) is 9.59 Å². The van der Waals surface area contributed by atoms with Crippen molar-refractivity contribution in [1.29, 1.82) is 0 Å². The lowest BCUT2D eigenvalue weighted by Crippen LogP contribution is -2.27. The van der Waals surface area contributed by atoms with Gasteiger partial charge in [0, 0.05) is 49.2 Å². The predicted molar refractivity (Wildman–Crippen MR) is 69.1 cm³/mol. The molecule has 1 saturated heterocycles. The van der Waals surface area contributed by atoms with Gasteiger partial charge in [0.2, 0.25) is 5.91 Å². The number of amides is 1. The molecule has 1 aliphatic heterocycles. The van der Waals surface area contributed by atoms with Gasteiger partial charge in [-0.1, -0.05) is 11.8 Å². The summed E-state index contributed by atoms with van der Waals surface area (Å²) in [4.78, 5) is 29.7. The predicted octanol–water partition coefficient (Wildman–Crippen LogP) is 1.57. The third-order valence-corrected chi connectivity index (χ3v) is 4.44. The summed E-state index contributed by atoms with van der Waals surface area (Å²) < 4.78 is 0. The van der Waals surface area contributed by atoms with Gasteiger partial charge in [0.25, 0.3) is 0 Å². The van der Waals surface area contributed by atoms with Crippen LogP contribution in [-0.2, 0) is 16.0 Å². The Hall–Kier alpha value is -0.880. The molecule has 0 spiro atoms. The van der Waals surface area contributed by atoms with E-state index in [-0.39, 0.29) is 16.3 Å². The molecule has 6 heteroatoms. The Bertz CT molecular complexity index is 406. The quantitative estimate of drug-likeness (QED) is 0.833. The number of nitrogens with zero attached hydrogens (tertiary/aromatic N) is 2. The monoisotopic (exact) mass is 270 g/mol. The molecule has 4 nitrogen and oxygen atoms in total. The van der Waals surface area contributed by atoms with Crippen LogP contribution in [0.15, 0.2) is 11.7 Å². The van der Waals surface area contributed by atoms with Crippen LogP contribution in [0.3, 0.4) is 0 Å². The number of hydrogen-bond donors (Lipinski definition) is 0. The average Bonchev–Trinajstić information content (AvgIpc) is 2.84. The molecule has 2 heterocycles. The highest BCUT2D eigenvalue weighted by Crippen LogP contribution is 2.24. The van der Waals surface area contributed by atoms with E-state index in [4.69, 9.17) is 0 Å². The van der Waals surface area contributed by atoms with Gasteiger partial charge in [-0.15, -0.1) is 11.3 Å². The first-order valence-electron chi connectivity index (χ1n) is 5.47. The van der Waals surface area contributed by atoms with Crippen molar-refractivity contribution in [2.24, 2.45) is 0 Å². The van der Waals surface area contributed by atoms with E-state index in [2.05, 4.69) is 4.98 Å². The molecule has 1 atom stereocenters. The Morgan fingerprint density at radius 1 is 1.71 bits per heavy atom. The van der Waals surface area contributed by atoms with Crippen molar-refractivity contribution >= 4 is 34.1 Å². The molecule has 0 radical (unpaired) electrons. The summed E-state index contributed by atoms with van der Waals surface area (Å²) in [6, 6.07) is 0. The third kappa shape index (κ3) is 3.54. The van der Waals surface area contributed by atoms with Crippen molar-refractivity contribution in [3.05, 3.63) is 16.6 Å². The highest BCUT2D eigenvalue weighted by Gasteiger charge is 2.30. The maximum Gasteiger partial charge on any atom is 0.223 e. The van der Waals surface area contributed by atoms with Crippen LogP contribution in [0.5, 0.6) is 0 Å². The third-order valence-electron chi connectivity index (χ3n) is 2.62. The van der Waals surface area contributed by atoms with Gasteiger partial charge in [-0.05, 0) is 0 Å². The Kier molecular flexibility index (Phi) is 4.17. The summed E-state index contributed by atoms with van der Waals surface area (Å²) in [5, 5.41) is 0.230. The van der Waals surface area contributed by atoms with Gasteiger partial charge in [0.1, 0.15) is 0 Å². The Balaban J connectivity index is 1.82. The van der Waals surface area contributed by atoms with Gasteiger partial charge in [0.05, 0.1) is 5.51 Å². The average molecular weight is 270 g/mol. The molecule has 1 aromatic rings. The molecule has 0 saturated carbocycles. The van der Waals surface area contributed by atoms with Crippen LogP contribution in [0.25, 0.3) is 0 Å². The fourth-order valence-corrected chi connectivity index (χ4v) is 3.41. The highest BCUT2D eigenvalue weighted by molar-refractivity contribution is 8.14. The number of hydrogen-bond acceptors (Lipinski definition) is 5. The van der Waals surface area contributed by atoms with Crippen molar-refractivity contribution in [3.8, 4) is 0 Å². The molecule has 2 rings (SSSR count). The number of aromatic nitrogens is 1. The zero-order valence-electron chi connectivity index (χ0n) is 9.59. The van der Waals surface area contributed by atoms with E-state index in [0.29, 0.717) is 13.0 Å². The summed E-state index contributed by atoms with van der Waals surface area (Å²) in [5.41, 5.74) is 1.80. The molecule has 0 N–H and O–H groups in total. The first-order valence-corrected chi connectivity index (χ1v) is 7.23. The molecular formula is C11H14N2O2S2.